The molecule has 1 saturated heterocycles. The van der Waals surface area contributed by atoms with E-state index in [0.29, 0.717) is 24.7 Å². The first-order chi connectivity index (χ1) is 16.6. The van der Waals surface area contributed by atoms with Gasteiger partial charge in [-0.25, -0.2) is 4.98 Å². The second-order valence-electron chi connectivity index (χ2n) is 8.41. The van der Waals surface area contributed by atoms with Crippen LogP contribution in [0.2, 0.25) is 0 Å². The van der Waals surface area contributed by atoms with E-state index in [2.05, 4.69) is 15.5 Å². The van der Waals surface area contributed by atoms with E-state index in [1.807, 2.05) is 68.4 Å². The van der Waals surface area contributed by atoms with Crippen LogP contribution < -0.4 is 15.5 Å². The Hall–Kier alpha value is -3.97. The Morgan fingerprint density at radius 1 is 0.882 bits per heavy atom. The van der Waals surface area contributed by atoms with Crippen molar-refractivity contribution >= 4 is 40.0 Å². The molecule has 5 rings (SSSR count). The number of carbonyl (C=O) groups excluding carboxylic acids is 1. The standard InChI is InChI=1S/C27H27N5O2/c1-18-6-5-7-19(2)24(18)30-26(33)20-10-12-21(13-11-20)28-27-29-23-9-4-3-8-22(23)25(31-27)32-14-16-34-17-15-32/h3-13H,14-17H2,1-2H3,(H,30,33)(H,28,29,31). The van der Waals surface area contributed by atoms with Crippen LogP contribution >= 0.6 is 0 Å². The lowest BCUT2D eigenvalue weighted by atomic mass is 10.1. The summed E-state index contributed by atoms with van der Waals surface area (Å²) >= 11 is 0. The zero-order valence-electron chi connectivity index (χ0n) is 19.3. The fourth-order valence-corrected chi connectivity index (χ4v) is 4.16. The van der Waals surface area contributed by atoms with Gasteiger partial charge in [0.2, 0.25) is 5.95 Å². The van der Waals surface area contributed by atoms with Crippen LogP contribution in [0.25, 0.3) is 10.9 Å². The molecule has 0 bridgehead atoms. The Labute approximate surface area is 198 Å². The van der Waals surface area contributed by atoms with E-state index < -0.39 is 0 Å². The Bertz CT molecular complexity index is 1310. The Balaban J connectivity index is 1.36. The van der Waals surface area contributed by atoms with Gasteiger partial charge in [0, 0.05) is 35.4 Å². The molecule has 0 aliphatic carbocycles. The van der Waals surface area contributed by atoms with Crippen molar-refractivity contribution in [3.8, 4) is 0 Å². The number of nitrogens with zero attached hydrogens (tertiary/aromatic N) is 3. The highest BCUT2D eigenvalue weighted by atomic mass is 16.5. The van der Waals surface area contributed by atoms with Crippen LogP contribution in [0.15, 0.2) is 66.7 Å². The van der Waals surface area contributed by atoms with E-state index in [-0.39, 0.29) is 5.91 Å². The van der Waals surface area contributed by atoms with Gasteiger partial charge in [-0.1, -0.05) is 30.3 Å². The molecule has 3 aromatic carbocycles. The minimum absolute atomic E-state index is 0.138. The summed E-state index contributed by atoms with van der Waals surface area (Å²) in [5.74, 6) is 1.29. The molecule has 2 heterocycles. The summed E-state index contributed by atoms with van der Waals surface area (Å²) in [6.45, 7) is 6.95. The van der Waals surface area contributed by atoms with Gasteiger partial charge in [0.15, 0.2) is 0 Å². The molecule has 0 radical (unpaired) electrons. The van der Waals surface area contributed by atoms with Crippen molar-refractivity contribution in [3.63, 3.8) is 0 Å². The number of aryl methyl sites for hydroxylation is 2. The van der Waals surface area contributed by atoms with E-state index in [1.165, 1.54) is 0 Å². The molecule has 7 heteroatoms. The van der Waals surface area contributed by atoms with E-state index in [0.717, 1.165) is 52.3 Å². The Kier molecular flexibility index (Phi) is 6.10. The lowest BCUT2D eigenvalue weighted by Crippen LogP contribution is -2.37. The first-order valence-corrected chi connectivity index (χ1v) is 11.4. The molecular weight excluding hydrogens is 426 g/mol. The lowest BCUT2D eigenvalue weighted by molar-refractivity contribution is 0.102. The van der Waals surface area contributed by atoms with Gasteiger partial charge in [0.1, 0.15) is 5.82 Å². The van der Waals surface area contributed by atoms with Gasteiger partial charge >= 0.3 is 0 Å². The molecule has 1 fully saturated rings. The minimum atomic E-state index is -0.138. The van der Waals surface area contributed by atoms with E-state index in [4.69, 9.17) is 14.7 Å². The highest BCUT2D eigenvalue weighted by molar-refractivity contribution is 6.05. The quantitative estimate of drug-likeness (QED) is 0.439. The molecule has 2 N–H and O–H groups in total. The second kappa shape index (κ2) is 9.49. The van der Waals surface area contributed by atoms with Crippen molar-refractivity contribution in [1.82, 2.24) is 9.97 Å². The zero-order chi connectivity index (χ0) is 23.5. The van der Waals surface area contributed by atoms with Gasteiger partial charge in [0.25, 0.3) is 5.91 Å². The van der Waals surface area contributed by atoms with Crippen LogP contribution in [0.5, 0.6) is 0 Å². The number of carbonyl (C=O) groups is 1. The largest absolute Gasteiger partial charge is 0.378 e. The first-order valence-electron chi connectivity index (χ1n) is 11.4. The monoisotopic (exact) mass is 453 g/mol. The number of fused-ring (bicyclic) bond motifs is 1. The topological polar surface area (TPSA) is 79.4 Å². The third-order valence-corrected chi connectivity index (χ3v) is 6.02. The van der Waals surface area contributed by atoms with E-state index >= 15 is 0 Å². The third kappa shape index (κ3) is 4.56. The number of hydrogen-bond acceptors (Lipinski definition) is 6. The van der Waals surface area contributed by atoms with Crippen LogP contribution in [-0.4, -0.2) is 42.2 Å². The van der Waals surface area contributed by atoms with Crippen LogP contribution in [0.4, 0.5) is 23.1 Å². The van der Waals surface area contributed by atoms with Crippen molar-refractivity contribution in [2.24, 2.45) is 0 Å². The second-order valence-corrected chi connectivity index (χ2v) is 8.41. The zero-order valence-corrected chi connectivity index (χ0v) is 19.3. The Morgan fingerprint density at radius 2 is 1.59 bits per heavy atom. The molecule has 0 unspecified atom stereocenters. The smallest absolute Gasteiger partial charge is 0.255 e. The number of benzene rings is 3. The van der Waals surface area contributed by atoms with E-state index in [9.17, 15) is 4.79 Å². The van der Waals surface area contributed by atoms with Crippen LogP contribution in [0.3, 0.4) is 0 Å². The SMILES string of the molecule is Cc1cccc(C)c1NC(=O)c1ccc(Nc2nc(N3CCOCC3)c3ccccc3n2)cc1. The minimum Gasteiger partial charge on any atom is -0.378 e. The summed E-state index contributed by atoms with van der Waals surface area (Å²) < 4.78 is 5.51. The summed E-state index contributed by atoms with van der Waals surface area (Å²) in [4.78, 5) is 24.5. The predicted molar refractivity (Wildman–Crippen MR) is 136 cm³/mol. The highest BCUT2D eigenvalue weighted by Crippen LogP contribution is 2.27. The van der Waals surface area contributed by atoms with Crippen molar-refractivity contribution in [2.45, 2.75) is 13.8 Å². The Morgan fingerprint density at radius 3 is 2.32 bits per heavy atom. The fraction of sp³-hybridized carbons (Fsp3) is 0.222. The van der Waals surface area contributed by atoms with Crippen LogP contribution in [0, 0.1) is 13.8 Å². The molecule has 34 heavy (non-hydrogen) atoms. The molecule has 1 aromatic heterocycles. The number of anilines is 4. The molecule has 1 amide bonds. The maximum absolute atomic E-state index is 12.8. The number of morpholine rings is 1. The van der Waals surface area contributed by atoms with Gasteiger partial charge in [-0.05, 0) is 61.4 Å². The summed E-state index contributed by atoms with van der Waals surface area (Å²) in [7, 11) is 0. The maximum atomic E-state index is 12.8. The number of hydrogen-bond donors (Lipinski definition) is 2. The third-order valence-electron chi connectivity index (χ3n) is 6.02. The van der Waals surface area contributed by atoms with Crippen LogP contribution in [-0.2, 0) is 4.74 Å². The lowest BCUT2D eigenvalue weighted by Gasteiger charge is -2.29. The maximum Gasteiger partial charge on any atom is 0.255 e. The predicted octanol–water partition coefficient (Wildman–Crippen LogP) is 5.08. The average molecular weight is 454 g/mol. The van der Waals surface area contributed by atoms with E-state index in [1.54, 1.807) is 12.1 Å². The van der Waals surface area contributed by atoms with Crippen molar-refractivity contribution in [1.29, 1.82) is 0 Å². The molecular formula is C27H27N5O2. The number of aromatic nitrogens is 2. The van der Waals surface area contributed by atoms with Gasteiger partial charge in [-0.3, -0.25) is 4.79 Å². The average Bonchev–Trinajstić information content (AvgIpc) is 2.87. The van der Waals surface area contributed by atoms with Gasteiger partial charge in [-0.2, -0.15) is 4.98 Å². The molecule has 1 aliphatic rings. The number of para-hydroxylation sites is 2. The molecule has 4 aromatic rings. The molecule has 0 saturated carbocycles. The molecule has 0 atom stereocenters. The summed E-state index contributed by atoms with van der Waals surface area (Å²) in [6.07, 6.45) is 0. The number of rotatable bonds is 5. The number of amides is 1. The van der Waals surface area contributed by atoms with Gasteiger partial charge < -0.3 is 20.3 Å². The fourth-order valence-electron chi connectivity index (χ4n) is 4.16. The van der Waals surface area contributed by atoms with Crippen molar-refractivity contribution < 1.29 is 9.53 Å². The molecule has 0 spiro atoms. The van der Waals surface area contributed by atoms with Crippen molar-refractivity contribution in [3.05, 3.63) is 83.4 Å². The molecule has 1 aliphatic heterocycles. The number of nitrogens with one attached hydrogen (secondary N) is 2. The van der Waals surface area contributed by atoms with Crippen molar-refractivity contribution in [2.75, 3.05) is 41.8 Å². The summed E-state index contributed by atoms with van der Waals surface area (Å²) in [5, 5.41) is 7.35. The van der Waals surface area contributed by atoms with Crippen LogP contribution in [0.1, 0.15) is 21.5 Å². The van der Waals surface area contributed by atoms with Gasteiger partial charge in [0.05, 0.1) is 18.7 Å². The molecule has 7 nitrogen and oxygen atoms in total. The first kappa shape index (κ1) is 21.9. The number of ether oxygens (including phenoxy) is 1. The normalized spacial score (nSPS) is 13.6. The highest BCUT2D eigenvalue weighted by Gasteiger charge is 2.17. The molecule has 172 valence electrons. The van der Waals surface area contributed by atoms with Gasteiger partial charge in [-0.15, -0.1) is 0 Å². The summed E-state index contributed by atoms with van der Waals surface area (Å²) in [5.41, 5.74) is 5.21. The summed E-state index contributed by atoms with van der Waals surface area (Å²) in [6, 6.07) is 21.3.